The molecule has 1 unspecified atom stereocenters. The molecule has 2 aromatic heterocycles. The Kier molecular flexibility index (Phi) is 5.30. The zero-order chi connectivity index (χ0) is 21.1. The van der Waals surface area contributed by atoms with Gasteiger partial charge in [-0.15, -0.1) is 0 Å². The summed E-state index contributed by atoms with van der Waals surface area (Å²) in [6, 6.07) is 16.0. The number of carbonyl (C=O) groups excluding carboxylic acids is 1. The van der Waals surface area contributed by atoms with Gasteiger partial charge in [-0.25, -0.2) is 9.78 Å². The van der Waals surface area contributed by atoms with Crippen molar-refractivity contribution < 1.29 is 4.79 Å². The third-order valence-electron chi connectivity index (χ3n) is 5.02. The van der Waals surface area contributed by atoms with Crippen molar-refractivity contribution in [1.29, 1.82) is 0 Å². The minimum absolute atomic E-state index is 0.0731. The van der Waals surface area contributed by atoms with Crippen LogP contribution < -0.4 is 16.6 Å². The molecule has 0 aliphatic carbocycles. The van der Waals surface area contributed by atoms with Gasteiger partial charge >= 0.3 is 5.69 Å². The van der Waals surface area contributed by atoms with Crippen molar-refractivity contribution in [2.24, 2.45) is 7.05 Å². The number of rotatable bonds is 6. The number of hydrogen-bond acceptors (Lipinski definition) is 4. The van der Waals surface area contributed by atoms with Gasteiger partial charge in [0.1, 0.15) is 11.9 Å². The summed E-state index contributed by atoms with van der Waals surface area (Å²) in [6.07, 6.45) is 3.58. The molecular weight excluding hydrogens is 382 g/mol. The molecule has 0 saturated carbocycles. The van der Waals surface area contributed by atoms with E-state index in [2.05, 4.69) is 15.3 Å². The van der Waals surface area contributed by atoms with Gasteiger partial charge in [0.25, 0.3) is 5.56 Å². The molecule has 152 valence electrons. The molecule has 2 aromatic carbocycles. The predicted octanol–water partition coefficient (Wildman–Crippen LogP) is 1.72. The number of hydrogen-bond donors (Lipinski definition) is 2. The Morgan fingerprint density at radius 1 is 1.10 bits per heavy atom. The lowest BCUT2D eigenvalue weighted by Gasteiger charge is -2.19. The van der Waals surface area contributed by atoms with Gasteiger partial charge in [0.15, 0.2) is 0 Å². The lowest BCUT2D eigenvalue weighted by atomic mass is 10.1. The molecule has 4 rings (SSSR count). The van der Waals surface area contributed by atoms with Crippen LogP contribution in [-0.4, -0.2) is 25.0 Å². The highest BCUT2D eigenvalue weighted by Crippen LogP contribution is 2.20. The number of aromatic nitrogens is 4. The number of benzene rings is 2. The van der Waals surface area contributed by atoms with Crippen molar-refractivity contribution in [1.82, 2.24) is 24.4 Å². The van der Waals surface area contributed by atoms with Crippen LogP contribution in [0.1, 0.15) is 23.9 Å². The van der Waals surface area contributed by atoms with Gasteiger partial charge in [-0.3, -0.25) is 19.1 Å². The van der Waals surface area contributed by atoms with Crippen LogP contribution in [0.3, 0.4) is 0 Å². The van der Waals surface area contributed by atoms with E-state index >= 15 is 0 Å². The van der Waals surface area contributed by atoms with Gasteiger partial charge < -0.3 is 9.88 Å². The Morgan fingerprint density at radius 2 is 1.83 bits per heavy atom. The number of amides is 1. The van der Waals surface area contributed by atoms with Crippen LogP contribution in [0.2, 0.25) is 0 Å². The van der Waals surface area contributed by atoms with Crippen LogP contribution in [0, 0.1) is 0 Å². The summed E-state index contributed by atoms with van der Waals surface area (Å²) in [7, 11) is 1.87. The van der Waals surface area contributed by atoms with Crippen LogP contribution in [0.25, 0.3) is 10.9 Å². The zero-order valence-corrected chi connectivity index (χ0v) is 16.4. The summed E-state index contributed by atoms with van der Waals surface area (Å²) in [5.41, 5.74) is 0.444. The number of imidazole rings is 1. The normalized spacial score (nSPS) is 12.0. The van der Waals surface area contributed by atoms with Crippen molar-refractivity contribution in [3.63, 3.8) is 0 Å². The summed E-state index contributed by atoms with van der Waals surface area (Å²) in [4.78, 5) is 43.8. The van der Waals surface area contributed by atoms with E-state index < -0.39 is 17.3 Å². The van der Waals surface area contributed by atoms with Gasteiger partial charge in [-0.05, 0) is 17.7 Å². The Hall–Kier alpha value is -3.94. The maximum Gasteiger partial charge on any atom is 0.328 e. The van der Waals surface area contributed by atoms with E-state index in [4.69, 9.17) is 0 Å². The number of carbonyl (C=O) groups is 1. The van der Waals surface area contributed by atoms with Crippen LogP contribution in [0.5, 0.6) is 0 Å². The highest BCUT2D eigenvalue weighted by molar-refractivity contribution is 5.79. The third kappa shape index (κ3) is 3.80. The Morgan fingerprint density at radius 3 is 2.57 bits per heavy atom. The maximum atomic E-state index is 12.8. The van der Waals surface area contributed by atoms with Crippen molar-refractivity contribution >= 4 is 16.8 Å². The first-order valence-electron chi connectivity index (χ1n) is 9.58. The molecule has 0 bridgehead atoms. The molecule has 8 nitrogen and oxygen atoms in total. The van der Waals surface area contributed by atoms with Crippen LogP contribution in [0.4, 0.5) is 0 Å². The van der Waals surface area contributed by atoms with Crippen LogP contribution in [0.15, 0.2) is 76.6 Å². The molecule has 2 heterocycles. The fourth-order valence-electron chi connectivity index (χ4n) is 3.51. The van der Waals surface area contributed by atoms with E-state index in [0.29, 0.717) is 16.7 Å². The minimum Gasteiger partial charge on any atom is -0.342 e. The highest BCUT2D eigenvalue weighted by Gasteiger charge is 2.20. The van der Waals surface area contributed by atoms with E-state index in [0.717, 1.165) is 5.56 Å². The first-order valence-corrected chi connectivity index (χ1v) is 9.58. The number of aryl methyl sites for hydroxylation is 2. The molecule has 8 heteroatoms. The average molecular weight is 403 g/mol. The summed E-state index contributed by atoms with van der Waals surface area (Å²) >= 11 is 0. The van der Waals surface area contributed by atoms with Crippen molar-refractivity contribution in [2.45, 2.75) is 19.0 Å². The number of H-pyrrole nitrogens is 1. The number of nitrogens with one attached hydrogen (secondary N) is 2. The third-order valence-corrected chi connectivity index (χ3v) is 5.02. The number of nitrogens with zero attached hydrogens (tertiary/aromatic N) is 3. The fourth-order valence-corrected chi connectivity index (χ4v) is 3.51. The van der Waals surface area contributed by atoms with E-state index in [1.54, 1.807) is 30.5 Å². The molecule has 1 atom stereocenters. The molecule has 2 N–H and O–H groups in total. The van der Waals surface area contributed by atoms with Gasteiger partial charge in [-0.1, -0.05) is 42.5 Å². The Labute approximate surface area is 171 Å². The van der Waals surface area contributed by atoms with E-state index in [-0.39, 0.29) is 18.9 Å². The monoisotopic (exact) mass is 403 g/mol. The SMILES string of the molecule is Cn1ccnc1C(NC(=O)CCn1c(=O)[nH]c(=O)c2ccccc21)c1ccccc1. The van der Waals surface area contributed by atoms with E-state index in [9.17, 15) is 14.4 Å². The van der Waals surface area contributed by atoms with Gasteiger partial charge in [0.2, 0.25) is 5.91 Å². The Balaban J connectivity index is 1.57. The lowest BCUT2D eigenvalue weighted by Crippen LogP contribution is -2.34. The summed E-state index contributed by atoms with van der Waals surface area (Å²) in [6.45, 7) is 0.143. The lowest BCUT2D eigenvalue weighted by molar-refractivity contribution is -0.121. The molecule has 30 heavy (non-hydrogen) atoms. The van der Waals surface area contributed by atoms with Gasteiger partial charge in [-0.2, -0.15) is 0 Å². The summed E-state index contributed by atoms with van der Waals surface area (Å²) in [5, 5.41) is 3.43. The molecular formula is C22H21N5O3. The predicted molar refractivity (Wildman–Crippen MR) is 113 cm³/mol. The molecule has 0 aliphatic rings. The molecule has 1 amide bonds. The van der Waals surface area contributed by atoms with Crippen LogP contribution in [-0.2, 0) is 18.4 Å². The first kappa shape index (κ1) is 19.4. The first-order chi connectivity index (χ1) is 14.5. The van der Waals surface area contributed by atoms with Crippen molar-refractivity contribution in [3.05, 3.63) is 99.2 Å². The van der Waals surface area contributed by atoms with Crippen molar-refractivity contribution in [2.75, 3.05) is 0 Å². The minimum atomic E-state index is -0.532. The Bertz CT molecular complexity index is 1300. The summed E-state index contributed by atoms with van der Waals surface area (Å²) < 4.78 is 3.27. The second kappa shape index (κ2) is 8.20. The second-order valence-corrected chi connectivity index (χ2v) is 6.99. The second-order valence-electron chi connectivity index (χ2n) is 6.99. The largest absolute Gasteiger partial charge is 0.342 e. The highest BCUT2D eigenvalue weighted by atomic mass is 16.2. The number of para-hydroxylation sites is 1. The molecule has 4 aromatic rings. The van der Waals surface area contributed by atoms with E-state index in [1.165, 1.54) is 4.57 Å². The average Bonchev–Trinajstić information content (AvgIpc) is 3.18. The maximum absolute atomic E-state index is 12.8. The quantitative estimate of drug-likeness (QED) is 0.512. The molecule has 0 radical (unpaired) electrons. The molecule has 0 aliphatic heterocycles. The van der Waals surface area contributed by atoms with Gasteiger partial charge in [0.05, 0.1) is 10.9 Å². The molecule has 0 saturated heterocycles. The topological polar surface area (TPSA) is 102 Å². The number of aromatic amines is 1. The van der Waals surface area contributed by atoms with Crippen molar-refractivity contribution in [3.8, 4) is 0 Å². The number of fused-ring (bicyclic) bond motifs is 1. The fraction of sp³-hybridized carbons (Fsp3) is 0.182. The standard InChI is InChI=1S/C22H21N5O3/c1-26-14-12-23-20(26)19(15-7-3-2-4-8-15)24-18(28)11-13-27-17-10-6-5-9-16(17)21(29)25-22(27)30/h2-10,12,14,19H,11,13H2,1H3,(H,24,28)(H,25,29,30). The van der Waals surface area contributed by atoms with E-state index in [1.807, 2.05) is 48.1 Å². The zero-order valence-electron chi connectivity index (χ0n) is 16.4. The molecule has 0 fully saturated rings. The van der Waals surface area contributed by atoms with Gasteiger partial charge in [0, 0.05) is 32.4 Å². The van der Waals surface area contributed by atoms with Crippen LogP contribution >= 0.6 is 0 Å². The summed E-state index contributed by atoms with van der Waals surface area (Å²) in [5.74, 6) is 0.482. The smallest absolute Gasteiger partial charge is 0.328 e. The molecule has 0 spiro atoms.